The number of benzene rings is 2. The lowest BCUT2D eigenvalue weighted by Crippen LogP contribution is -2.48. The molecule has 0 saturated carbocycles. The maximum Gasteiger partial charge on any atom is 0.272 e. The number of amides is 3. The highest BCUT2D eigenvalue weighted by atomic mass is 32.1. The number of nitrogens with one attached hydrogen (secondary N) is 1. The topological polar surface area (TPSA) is 141 Å². The number of aromatic nitrogens is 1. The quantitative estimate of drug-likeness (QED) is 0.442. The largest absolute Gasteiger partial charge is 0.494 e. The molecule has 0 fully saturated rings. The highest BCUT2D eigenvalue weighted by molar-refractivity contribution is 7.09. The molecule has 0 saturated heterocycles. The fraction of sp³-hybridized carbons (Fsp3) is 0.217. The Labute approximate surface area is 195 Å². The SMILES string of the molecule is CCOc1ccc(N(C(=O)c2snc(C(N)=O)c2N)[C@@H](C)C(=O)NCc2ccccc2)cc1. The number of carbonyl (C=O) groups is 3. The Morgan fingerprint density at radius 3 is 2.36 bits per heavy atom. The van der Waals surface area contributed by atoms with Gasteiger partial charge < -0.3 is 21.5 Å². The van der Waals surface area contributed by atoms with Crippen molar-refractivity contribution in [1.82, 2.24) is 9.69 Å². The van der Waals surface area contributed by atoms with E-state index in [0.29, 0.717) is 24.6 Å². The van der Waals surface area contributed by atoms with E-state index in [9.17, 15) is 14.4 Å². The molecule has 9 nitrogen and oxygen atoms in total. The summed E-state index contributed by atoms with van der Waals surface area (Å²) in [7, 11) is 0. The summed E-state index contributed by atoms with van der Waals surface area (Å²) < 4.78 is 9.37. The van der Waals surface area contributed by atoms with Crippen LogP contribution in [-0.4, -0.2) is 34.7 Å². The van der Waals surface area contributed by atoms with E-state index in [0.717, 1.165) is 17.1 Å². The van der Waals surface area contributed by atoms with Crippen LogP contribution in [0.3, 0.4) is 0 Å². The molecule has 0 aliphatic rings. The molecule has 0 bridgehead atoms. The molecular formula is C23H25N5O4S. The van der Waals surface area contributed by atoms with Crippen LogP contribution >= 0.6 is 11.5 Å². The molecule has 0 spiro atoms. The van der Waals surface area contributed by atoms with Crippen LogP contribution < -0.4 is 26.4 Å². The maximum absolute atomic E-state index is 13.5. The Bertz CT molecular complexity index is 1130. The van der Waals surface area contributed by atoms with Crippen LogP contribution in [0.1, 0.15) is 39.6 Å². The molecule has 3 amide bonds. The third-order valence-corrected chi connectivity index (χ3v) is 5.73. The second kappa shape index (κ2) is 10.6. The van der Waals surface area contributed by atoms with E-state index in [1.165, 1.54) is 4.90 Å². The van der Waals surface area contributed by atoms with Gasteiger partial charge in [-0.1, -0.05) is 30.3 Å². The molecule has 1 atom stereocenters. The van der Waals surface area contributed by atoms with Gasteiger partial charge in [0.15, 0.2) is 5.69 Å². The first-order chi connectivity index (χ1) is 15.8. The van der Waals surface area contributed by atoms with Crippen molar-refractivity contribution >= 4 is 40.6 Å². The number of primary amides is 1. The number of carbonyl (C=O) groups excluding carboxylic acids is 3. The van der Waals surface area contributed by atoms with Gasteiger partial charge in [-0.25, -0.2) is 0 Å². The first kappa shape index (κ1) is 23.7. The zero-order valence-electron chi connectivity index (χ0n) is 18.3. The van der Waals surface area contributed by atoms with E-state index in [1.54, 1.807) is 31.2 Å². The van der Waals surface area contributed by atoms with E-state index >= 15 is 0 Å². The summed E-state index contributed by atoms with van der Waals surface area (Å²) in [4.78, 5) is 39.4. The van der Waals surface area contributed by atoms with Crippen molar-refractivity contribution in [2.45, 2.75) is 26.4 Å². The number of hydrogen-bond acceptors (Lipinski definition) is 7. The van der Waals surface area contributed by atoms with Gasteiger partial charge in [-0.3, -0.25) is 19.3 Å². The smallest absolute Gasteiger partial charge is 0.272 e. The van der Waals surface area contributed by atoms with Gasteiger partial charge in [0.05, 0.1) is 12.3 Å². The van der Waals surface area contributed by atoms with Gasteiger partial charge in [0, 0.05) is 12.2 Å². The Balaban J connectivity index is 1.91. The standard InChI is InChI=1S/C23H25N5O4S/c1-3-32-17-11-9-16(10-12-17)28(23(31)20-18(24)19(21(25)29)27-33-20)14(2)22(30)26-13-15-7-5-4-6-8-15/h4-12,14H,3,13,24H2,1-2H3,(H2,25,29)(H,26,30)/t14-/m0/s1. The molecule has 3 aromatic rings. The van der Waals surface area contributed by atoms with Crippen LogP contribution in [0.15, 0.2) is 54.6 Å². The number of nitrogen functional groups attached to an aromatic ring is 1. The van der Waals surface area contributed by atoms with Gasteiger partial charge >= 0.3 is 0 Å². The monoisotopic (exact) mass is 467 g/mol. The molecule has 0 aliphatic carbocycles. The Kier molecular flexibility index (Phi) is 7.62. The lowest BCUT2D eigenvalue weighted by Gasteiger charge is -2.28. The molecule has 0 unspecified atom stereocenters. The minimum Gasteiger partial charge on any atom is -0.494 e. The van der Waals surface area contributed by atoms with Gasteiger partial charge in [-0.05, 0) is 55.2 Å². The molecule has 0 radical (unpaired) electrons. The van der Waals surface area contributed by atoms with Gasteiger partial charge in [-0.2, -0.15) is 4.37 Å². The summed E-state index contributed by atoms with van der Waals surface area (Å²) >= 11 is 0.763. The van der Waals surface area contributed by atoms with E-state index in [2.05, 4.69) is 9.69 Å². The van der Waals surface area contributed by atoms with Crippen molar-refractivity contribution in [2.24, 2.45) is 5.73 Å². The summed E-state index contributed by atoms with van der Waals surface area (Å²) in [5.74, 6) is -1.13. The highest BCUT2D eigenvalue weighted by Gasteiger charge is 2.32. The predicted octanol–water partition coefficient (Wildman–Crippen LogP) is 2.57. The van der Waals surface area contributed by atoms with Crippen molar-refractivity contribution in [3.63, 3.8) is 0 Å². The van der Waals surface area contributed by atoms with Gasteiger partial charge in [-0.15, -0.1) is 0 Å². The highest BCUT2D eigenvalue weighted by Crippen LogP contribution is 2.28. The minimum atomic E-state index is -0.891. The van der Waals surface area contributed by atoms with Crippen LogP contribution in [0, 0.1) is 0 Å². The number of rotatable bonds is 9. The summed E-state index contributed by atoms with van der Waals surface area (Å²) in [6.45, 7) is 4.28. The number of ether oxygens (including phenoxy) is 1. The first-order valence-corrected chi connectivity index (χ1v) is 11.0. The summed E-state index contributed by atoms with van der Waals surface area (Å²) in [6.07, 6.45) is 0. The molecule has 2 aromatic carbocycles. The minimum absolute atomic E-state index is 0.0281. The van der Waals surface area contributed by atoms with Crippen molar-refractivity contribution in [1.29, 1.82) is 0 Å². The molecular weight excluding hydrogens is 442 g/mol. The number of anilines is 2. The van der Waals surface area contributed by atoms with Crippen molar-refractivity contribution in [2.75, 3.05) is 17.2 Å². The van der Waals surface area contributed by atoms with E-state index in [-0.39, 0.29) is 22.2 Å². The van der Waals surface area contributed by atoms with E-state index in [1.807, 2.05) is 37.3 Å². The molecule has 172 valence electrons. The van der Waals surface area contributed by atoms with Crippen molar-refractivity contribution in [3.05, 3.63) is 70.7 Å². The number of hydrogen-bond donors (Lipinski definition) is 3. The van der Waals surface area contributed by atoms with Crippen LogP contribution in [0.2, 0.25) is 0 Å². The Hall–Kier alpha value is -3.92. The molecule has 1 aromatic heterocycles. The van der Waals surface area contributed by atoms with Crippen LogP contribution in [0.4, 0.5) is 11.4 Å². The molecule has 10 heteroatoms. The van der Waals surface area contributed by atoms with Crippen molar-refractivity contribution < 1.29 is 19.1 Å². The summed E-state index contributed by atoms with van der Waals surface area (Å²) in [5, 5.41) is 2.85. The zero-order valence-corrected chi connectivity index (χ0v) is 19.1. The first-order valence-electron chi connectivity index (χ1n) is 10.3. The second-order valence-electron chi connectivity index (χ2n) is 7.12. The van der Waals surface area contributed by atoms with Crippen LogP contribution in [0.5, 0.6) is 5.75 Å². The van der Waals surface area contributed by atoms with Gasteiger partial charge in [0.2, 0.25) is 5.91 Å². The van der Waals surface area contributed by atoms with Crippen molar-refractivity contribution in [3.8, 4) is 5.75 Å². The third-order valence-electron chi connectivity index (χ3n) is 4.88. The average Bonchev–Trinajstić information content (AvgIpc) is 3.21. The third kappa shape index (κ3) is 5.47. The normalized spacial score (nSPS) is 11.5. The summed E-state index contributed by atoms with van der Waals surface area (Å²) in [6, 6.07) is 15.3. The lowest BCUT2D eigenvalue weighted by molar-refractivity contribution is -0.122. The van der Waals surface area contributed by atoms with Gasteiger partial charge in [0.25, 0.3) is 11.8 Å². The molecule has 1 heterocycles. The number of nitrogens with zero attached hydrogens (tertiary/aromatic N) is 2. The van der Waals surface area contributed by atoms with Crippen LogP contribution in [0.25, 0.3) is 0 Å². The Morgan fingerprint density at radius 1 is 1.12 bits per heavy atom. The number of nitrogens with two attached hydrogens (primary N) is 2. The second-order valence-corrected chi connectivity index (χ2v) is 7.89. The average molecular weight is 468 g/mol. The molecule has 3 rings (SSSR count). The van der Waals surface area contributed by atoms with Gasteiger partial charge in [0.1, 0.15) is 16.7 Å². The zero-order chi connectivity index (χ0) is 24.0. The molecule has 5 N–H and O–H groups in total. The van der Waals surface area contributed by atoms with E-state index in [4.69, 9.17) is 16.2 Å². The summed E-state index contributed by atoms with van der Waals surface area (Å²) in [5.41, 5.74) is 12.4. The molecule has 33 heavy (non-hydrogen) atoms. The maximum atomic E-state index is 13.5. The molecule has 0 aliphatic heterocycles. The predicted molar refractivity (Wildman–Crippen MR) is 127 cm³/mol. The van der Waals surface area contributed by atoms with E-state index < -0.39 is 17.9 Å². The van der Waals surface area contributed by atoms with Crippen LogP contribution in [-0.2, 0) is 11.3 Å². The fourth-order valence-corrected chi connectivity index (χ4v) is 3.92. The fourth-order valence-electron chi connectivity index (χ4n) is 3.17. The Morgan fingerprint density at radius 2 is 1.79 bits per heavy atom. The lowest BCUT2D eigenvalue weighted by atomic mass is 10.1.